The number of carbonyl (C=O) groups excluding carboxylic acids is 1. The molecule has 2 N–H and O–H groups in total. The first-order chi connectivity index (χ1) is 11.2. The molecule has 0 heterocycles. The van der Waals surface area contributed by atoms with Gasteiger partial charge in [0.25, 0.3) is 5.91 Å². The van der Waals surface area contributed by atoms with E-state index in [4.69, 9.17) is 11.6 Å². The van der Waals surface area contributed by atoms with Crippen molar-refractivity contribution in [2.24, 2.45) is 5.10 Å². The molecule has 2 aromatic rings. The van der Waals surface area contributed by atoms with E-state index in [-0.39, 0.29) is 5.91 Å². The molecule has 0 saturated carbocycles. The zero-order valence-corrected chi connectivity index (χ0v) is 13.8. The molecule has 0 saturated heterocycles. The van der Waals surface area contributed by atoms with Gasteiger partial charge in [-0.25, -0.2) is 5.43 Å². The van der Waals surface area contributed by atoms with E-state index in [9.17, 15) is 4.79 Å². The average Bonchev–Trinajstić information content (AvgIpc) is 2.57. The third-order valence-corrected chi connectivity index (χ3v) is 3.51. The van der Waals surface area contributed by atoms with Crippen LogP contribution in [-0.4, -0.2) is 18.7 Å². The Labute approximate surface area is 141 Å². The molecule has 0 aromatic heterocycles. The molecule has 5 heteroatoms. The van der Waals surface area contributed by atoms with Crippen molar-refractivity contribution < 1.29 is 4.79 Å². The number of anilines is 1. The van der Waals surface area contributed by atoms with E-state index >= 15 is 0 Å². The molecule has 4 nitrogen and oxygen atoms in total. The lowest BCUT2D eigenvalue weighted by Crippen LogP contribution is -2.17. The summed E-state index contributed by atoms with van der Waals surface area (Å²) in [6, 6.07) is 14.6. The molecule has 0 atom stereocenters. The number of benzene rings is 2. The monoisotopic (exact) mass is 329 g/mol. The van der Waals surface area contributed by atoms with Gasteiger partial charge in [-0.1, -0.05) is 37.1 Å². The van der Waals surface area contributed by atoms with E-state index < -0.39 is 0 Å². The van der Waals surface area contributed by atoms with Gasteiger partial charge in [-0.3, -0.25) is 4.79 Å². The zero-order valence-electron chi connectivity index (χ0n) is 13.1. The number of carbonyl (C=O) groups is 1. The normalized spacial score (nSPS) is 10.7. The van der Waals surface area contributed by atoms with Crippen molar-refractivity contribution in [3.63, 3.8) is 0 Å². The molecule has 1 amide bonds. The van der Waals surface area contributed by atoms with Crippen LogP contribution in [0.25, 0.3) is 0 Å². The van der Waals surface area contributed by atoms with Crippen LogP contribution in [-0.2, 0) is 0 Å². The van der Waals surface area contributed by atoms with Crippen LogP contribution in [0.3, 0.4) is 0 Å². The lowest BCUT2D eigenvalue weighted by atomic mass is 10.2. The van der Waals surface area contributed by atoms with Crippen LogP contribution in [0.1, 0.15) is 35.7 Å². The highest BCUT2D eigenvalue weighted by molar-refractivity contribution is 6.30. The molecule has 0 bridgehead atoms. The van der Waals surface area contributed by atoms with Gasteiger partial charge >= 0.3 is 0 Å². The number of hydrogen-bond acceptors (Lipinski definition) is 3. The number of hydrogen-bond donors (Lipinski definition) is 2. The molecule has 2 rings (SSSR count). The molecule has 23 heavy (non-hydrogen) atoms. The fourth-order valence-electron chi connectivity index (χ4n) is 1.93. The number of nitrogens with zero attached hydrogens (tertiary/aromatic N) is 1. The van der Waals surface area contributed by atoms with Crippen LogP contribution >= 0.6 is 11.6 Å². The van der Waals surface area contributed by atoms with Gasteiger partial charge in [0, 0.05) is 22.8 Å². The molecule has 0 aliphatic carbocycles. The highest BCUT2D eigenvalue weighted by atomic mass is 35.5. The van der Waals surface area contributed by atoms with Crippen molar-refractivity contribution >= 4 is 29.4 Å². The second-order valence-corrected chi connectivity index (χ2v) is 5.54. The molecule has 0 aliphatic heterocycles. The van der Waals surface area contributed by atoms with Gasteiger partial charge in [0.15, 0.2) is 0 Å². The SMILES string of the molecule is CCCCNc1ccc(C(=O)NN=Cc2ccc(Cl)cc2)cc1. The molecule has 0 spiro atoms. The Bertz CT molecular complexity index is 651. The third-order valence-electron chi connectivity index (χ3n) is 3.26. The van der Waals surface area contributed by atoms with Crippen LogP contribution in [0.5, 0.6) is 0 Å². The molecule has 0 fully saturated rings. The Morgan fingerprint density at radius 2 is 1.83 bits per heavy atom. The Morgan fingerprint density at radius 3 is 2.48 bits per heavy atom. The van der Waals surface area contributed by atoms with Crippen molar-refractivity contribution in [2.45, 2.75) is 19.8 Å². The highest BCUT2D eigenvalue weighted by Crippen LogP contribution is 2.10. The number of halogens is 1. The van der Waals surface area contributed by atoms with Crippen LogP contribution in [0.4, 0.5) is 5.69 Å². The van der Waals surface area contributed by atoms with Gasteiger partial charge in [-0.2, -0.15) is 5.10 Å². The zero-order chi connectivity index (χ0) is 16.5. The lowest BCUT2D eigenvalue weighted by molar-refractivity contribution is 0.0955. The predicted molar refractivity (Wildman–Crippen MR) is 96.4 cm³/mol. The maximum Gasteiger partial charge on any atom is 0.271 e. The number of amides is 1. The Balaban J connectivity index is 1.86. The second kappa shape index (κ2) is 8.96. The van der Waals surface area contributed by atoms with Gasteiger partial charge in [0.1, 0.15) is 0 Å². The first-order valence-electron chi connectivity index (χ1n) is 7.62. The van der Waals surface area contributed by atoms with Crippen molar-refractivity contribution in [1.29, 1.82) is 0 Å². The first-order valence-corrected chi connectivity index (χ1v) is 7.99. The summed E-state index contributed by atoms with van der Waals surface area (Å²) in [6.45, 7) is 3.09. The fourth-order valence-corrected chi connectivity index (χ4v) is 2.05. The summed E-state index contributed by atoms with van der Waals surface area (Å²) in [5.74, 6) is -0.240. The van der Waals surface area contributed by atoms with E-state index in [1.54, 1.807) is 30.5 Å². The number of hydrazone groups is 1. The Kier molecular flexibility index (Phi) is 6.63. The van der Waals surface area contributed by atoms with Crippen LogP contribution < -0.4 is 10.7 Å². The minimum atomic E-state index is -0.240. The average molecular weight is 330 g/mol. The van der Waals surface area contributed by atoms with Crippen LogP contribution in [0.15, 0.2) is 53.6 Å². The minimum Gasteiger partial charge on any atom is -0.385 e. The van der Waals surface area contributed by atoms with E-state index in [0.29, 0.717) is 10.6 Å². The molecule has 2 aromatic carbocycles. The van der Waals surface area contributed by atoms with Gasteiger partial charge in [0.2, 0.25) is 0 Å². The quantitative estimate of drug-likeness (QED) is 0.451. The van der Waals surface area contributed by atoms with Crippen molar-refractivity contribution in [2.75, 3.05) is 11.9 Å². The summed E-state index contributed by atoms with van der Waals surface area (Å²) in [5, 5.41) is 7.92. The van der Waals surface area contributed by atoms with E-state index in [1.165, 1.54) is 0 Å². The first kappa shape index (κ1) is 17.0. The largest absolute Gasteiger partial charge is 0.385 e. The molecule has 0 unspecified atom stereocenters. The summed E-state index contributed by atoms with van der Waals surface area (Å²) in [6.07, 6.45) is 3.86. The molecular formula is C18H20ClN3O. The van der Waals surface area contributed by atoms with Gasteiger partial charge in [-0.05, 0) is 48.4 Å². The van der Waals surface area contributed by atoms with Gasteiger partial charge < -0.3 is 5.32 Å². The standard InChI is InChI=1S/C18H20ClN3O/c1-2-3-12-20-17-10-6-15(7-11-17)18(23)22-21-13-14-4-8-16(19)9-5-14/h4-11,13,20H,2-3,12H2,1H3,(H,22,23). The van der Waals surface area contributed by atoms with Crippen LogP contribution in [0.2, 0.25) is 5.02 Å². The second-order valence-electron chi connectivity index (χ2n) is 5.11. The molecule has 0 radical (unpaired) electrons. The van der Waals surface area contributed by atoms with E-state index in [0.717, 1.165) is 30.6 Å². The number of nitrogens with one attached hydrogen (secondary N) is 2. The number of rotatable bonds is 7. The van der Waals surface area contributed by atoms with Crippen molar-refractivity contribution in [3.8, 4) is 0 Å². The smallest absolute Gasteiger partial charge is 0.271 e. The minimum absolute atomic E-state index is 0.240. The van der Waals surface area contributed by atoms with Crippen molar-refractivity contribution in [3.05, 3.63) is 64.7 Å². The predicted octanol–water partition coefficient (Wildman–Crippen LogP) is 4.32. The number of unbranched alkanes of at least 4 members (excludes halogenated alkanes) is 1. The summed E-state index contributed by atoms with van der Waals surface area (Å²) in [4.78, 5) is 12.0. The Morgan fingerprint density at radius 1 is 1.13 bits per heavy atom. The molecule has 120 valence electrons. The Hall–Kier alpha value is -2.33. The van der Waals surface area contributed by atoms with Crippen molar-refractivity contribution in [1.82, 2.24) is 5.43 Å². The van der Waals surface area contributed by atoms with E-state index in [2.05, 4.69) is 22.8 Å². The fraction of sp³-hybridized carbons (Fsp3) is 0.222. The third kappa shape index (κ3) is 5.75. The lowest BCUT2D eigenvalue weighted by Gasteiger charge is -2.06. The highest BCUT2D eigenvalue weighted by Gasteiger charge is 2.03. The molecule has 0 aliphatic rings. The maximum atomic E-state index is 12.0. The summed E-state index contributed by atoms with van der Waals surface area (Å²) in [5.41, 5.74) is 4.96. The van der Waals surface area contributed by atoms with Crippen LogP contribution in [0, 0.1) is 0 Å². The summed E-state index contributed by atoms with van der Waals surface area (Å²) >= 11 is 5.81. The summed E-state index contributed by atoms with van der Waals surface area (Å²) in [7, 11) is 0. The van der Waals surface area contributed by atoms with Gasteiger partial charge in [-0.15, -0.1) is 0 Å². The topological polar surface area (TPSA) is 53.5 Å². The van der Waals surface area contributed by atoms with E-state index in [1.807, 2.05) is 24.3 Å². The maximum absolute atomic E-state index is 12.0. The summed E-state index contributed by atoms with van der Waals surface area (Å²) < 4.78 is 0. The molecular weight excluding hydrogens is 310 g/mol. The van der Waals surface area contributed by atoms with Gasteiger partial charge in [0.05, 0.1) is 6.21 Å².